The van der Waals surface area contributed by atoms with Crippen molar-refractivity contribution in [2.75, 3.05) is 0 Å². The van der Waals surface area contributed by atoms with Gasteiger partial charge < -0.3 is 10.9 Å². The molecule has 23 heavy (non-hydrogen) atoms. The fourth-order valence-electron chi connectivity index (χ4n) is 2.19. The van der Waals surface area contributed by atoms with Gasteiger partial charge in [0.15, 0.2) is 0 Å². The highest BCUT2D eigenvalue weighted by Gasteiger charge is 2.38. The van der Waals surface area contributed by atoms with Crippen LogP contribution in [0, 0.1) is 23.3 Å². The zero-order chi connectivity index (χ0) is 17.2. The molecule has 0 saturated carbocycles. The number of nitrogens with zero attached hydrogens (tertiary/aromatic N) is 3. The van der Waals surface area contributed by atoms with E-state index in [1.165, 1.54) is 6.92 Å². The Hall–Kier alpha value is -2.55. The van der Waals surface area contributed by atoms with Crippen LogP contribution in [0.2, 0.25) is 0 Å². The molecule has 0 spiro atoms. The van der Waals surface area contributed by atoms with Gasteiger partial charge in [0.25, 0.3) is 0 Å². The number of aromatic nitrogens is 2. The summed E-state index contributed by atoms with van der Waals surface area (Å²) in [4.78, 5) is 7.16. The maximum Gasteiger partial charge on any atom is 0.149 e. The second kappa shape index (κ2) is 6.29. The van der Waals surface area contributed by atoms with Crippen molar-refractivity contribution in [3.63, 3.8) is 0 Å². The summed E-state index contributed by atoms with van der Waals surface area (Å²) in [6.45, 7) is 1.27. The average Bonchev–Trinajstić information content (AvgIpc) is 2.45. The Labute approximate surface area is 128 Å². The Kier molecular flexibility index (Phi) is 4.60. The minimum atomic E-state index is -1.75. The first-order valence-electron chi connectivity index (χ1n) is 6.36. The molecular weight excluding hydrogens is 316 g/mol. The van der Waals surface area contributed by atoms with Crippen LogP contribution in [-0.2, 0) is 5.54 Å². The molecule has 2 heterocycles. The summed E-state index contributed by atoms with van der Waals surface area (Å²) >= 11 is 0. The smallest absolute Gasteiger partial charge is 0.149 e. The molecule has 2 atom stereocenters. The van der Waals surface area contributed by atoms with Crippen molar-refractivity contribution < 1.29 is 22.8 Å². The average molecular weight is 328 g/mol. The first-order valence-corrected chi connectivity index (χ1v) is 6.36. The first-order chi connectivity index (χ1) is 10.8. The van der Waals surface area contributed by atoms with E-state index < -0.39 is 40.4 Å². The van der Waals surface area contributed by atoms with Crippen LogP contribution in [0.25, 0.3) is 0 Å². The van der Waals surface area contributed by atoms with Gasteiger partial charge in [0.2, 0.25) is 0 Å². The van der Waals surface area contributed by atoms with Crippen LogP contribution in [0.5, 0.6) is 0 Å². The third-order valence-electron chi connectivity index (χ3n) is 3.31. The lowest BCUT2D eigenvalue weighted by molar-refractivity contribution is 0.313. The third-order valence-corrected chi connectivity index (χ3v) is 3.31. The van der Waals surface area contributed by atoms with E-state index in [-0.39, 0.29) is 5.69 Å². The van der Waals surface area contributed by atoms with Crippen molar-refractivity contribution in [3.05, 3.63) is 59.2 Å². The van der Waals surface area contributed by atoms with Gasteiger partial charge >= 0.3 is 0 Å². The zero-order valence-corrected chi connectivity index (χ0v) is 11.8. The van der Waals surface area contributed by atoms with Crippen LogP contribution in [0.3, 0.4) is 0 Å². The van der Waals surface area contributed by atoms with Crippen LogP contribution < -0.4 is 5.73 Å². The van der Waals surface area contributed by atoms with E-state index in [9.17, 15) is 17.6 Å². The number of hydrogen-bond donors (Lipinski definition) is 2. The number of rotatable bonds is 4. The third kappa shape index (κ3) is 3.29. The van der Waals surface area contributed by atoms with Crippen molar-refractivity contribution in [2.45, 2.75) is 18.4 Å². The van der Waals surface area contributed by atoms with Crippen molar-refractivity contribution in [1.82, 2.24) is 9.97 Å². The predicted molar refractivity (Wildman–Crippen MR) is 72.9 cm³/mol. The fourth-order valence-corrected chi connectivity index (χ4v) is 2.19. The zero-order valence-electron chi connectivity index (χ0n) is 11.8. The Balaban J connectivity index is 2.59. The van der Waals surface area contributed by atoms with E-state index in [0.717, 1.165) is 18.6 Å². The van der Waals surface area contributed by atoms with Gasteiger partial charge in [-0.15, -0.1) is 5.16 Å². The highest BCUT2D eigenvalue weighted by atomic mass is 19.1. The lowest BCUT2D eigenvalue weighted by Crippen LogP contribution is -2.43. The van der Waals surface area contributed by atoms with Crippen molar-refractivity contribution in [2.24, 2.45) is 10.9 Å². The summed E-state index contributed by atoms with van der Waals surface area (Å²) in [5, 5.41) is 11.6. The molecule has 0 aliphatic rings. The molecule has 0 aliphatic heterocycles. The second-order valence-corrected chi connectivity index (χ2v) is 5.03. The molecule has 2 aromatic heterocycles. The van der Waals surface area contributed by atoms with E-state index in [1.807, 2.05) is 0 Å². The van der Waals surface area contributed by atoms with Crippen molar-refractivity contribution in [1.29, 1.82) is 0 Å². The minimum Gasteiger partial charge on any atom is -0.411 e. The predicted octanol–water partition coefficient (Wildman–Crippen LogP) is 2.45. The summed E-state index contributed by atoms with van der Waals surface area (Å²) in [5.41, 5.74) is 3.51. The molecule has 0 bridgehead atoms. The normalized spacial score (nSPS) is 15.6. The van der Waals surface area contributed by atoms with E-state index >= 15 is 0 Å². The molecule has 9 heteroatoms. The molecule has 0 fully saturated rings. The van der Waals surface area contributed by atoms with Gasteiger partial charge in [-0.1, -0.05) is 0 Å². The molecule has 0 aromatic carbocycles. The van der Waals surface area contributed by atoms with Gasteiger partial charge in [0, 0.05) is 12.1 Å². The lowest BCUT2D eigenvalue weighted by Gasteiger charge is -2.30. The molecule has 3 N–H and O–H groups in total. The van der Waals surface area contributed by atoms with Gasteiger partial charge in [0.05, 0.1) is 41.5 Å². The molecule has 2 rings (SSSR count). The second-order valence-electron chi connectivity index (χ2n) is 5.03. The number of oxime groups is 1. The highest BCUT2D eigenvalue weighted by Crippen LogP contribution is 2.34. The van der Waals surface area contributed by atoms with Gasteiger partial charge in [-0.3, -0.25) is 9.97 Å². The first kappa shape index (κ1) is 16.8. The molecule has 2 aromatic rings. The van der Waals surface area contributed by atoms with Crippen LogP contribution in [-0.4, -0.2) is 21.4 Å². The summed E-state index contributed by atoms with van der Waals surface area (Å²) in [6, 6.07) is 1.13. The standard InChI is InChI=1S/C14H12F4N4O/c1-14(19,13-11(18)3-8(16)5-21-13)9(6-22-23)12-10(17)2-7(15)4-20-12/h2-6,9,23H,19H2,1H3. The van der Waals surface area contributed by atoms with Crippen molar-refractivity contribution in [3.8, 4) is 0 Å². The SMILES string of the molecule is CC(N)(c1ncc(F)cc1F)C(C=NO)c1ncc(F)cc1F. The minimum absolute atomic E-state index is 0.375. The van der Waals surface area contributed by atoms with Crippen LogP contribution in [0.4, 0.5) is 17.6 Å². The Morgan fingerprint density at radius 3 is 2.22 bits per heavy atom. The Morgan fingerprint density at radius 2 is 1.70 bits per heavy atom. The maximum atomic E-state index is 14.0. The molecule has 0 aliphatic carbocycles. The number of halogens is 4. The summed E-state index contributed by atoms with van der Waals surface area (Å²) in [7, 11) is 0. The van der Waals surface area contributed by atoms with Gasteiger partial charge in [-0.05, 0) is 6.92 Å². The largest absolute Gasteiger partial charge is 0.411 e. The summed E-state index contributed by atoms with van der Waals surface area (Å²) in [5.74, 6) is -5.25. The van der Waals surface area contributed by atoms with E-state index in [2.05, 4.69) is 15.1 Å². The van der Waals surface area contributed by atoms with Crippen LogP contribution in [0.15, 0.2) is 29.7 Å². The molecule has 0 saturated heterocycles. The molecule has 5 nitrogen and oxygen atoms in total. The molecule has 122 valence electrons. The van der Waals surface area contributed by atoms with E-state index in [1.54, 1.807) is 0 Å². The molecule has 0 radical (unpaired) electrons. The lowest BCUT2D eigenvalue weighted by atomic mass is 9.81. The van der Waals surface area contributed by atoms with Gasteiger partial charge in [-0.25, -0.2) is 17.6 Å². The fraction of sp³-hybridized carbons (Fsp3) is 0.214. The monoisotopic (exact) mass is 328 g/mol. The molecular formula is C14H12F4N4O. The summed E-state index contributed by atoms with van der Waals surface area (Å²) in [6.07, 6.45) is 2.29. The Morgan fingerprint density at radius 1 is 1.13 bits per heavy atom. The van der Waals surface area contributed by atoms with E-state index in [0.29, 0.717) is 12.1 Å². The van der Waals surface area contributed by atoms with Crippen LogP contribution in [0.1, 0.15) is 24.2 Å². The van der Waals surface area contributed by atoms with Gasteiger partial charge in [-0.2, -0.15) is 0 Å². The Bertz CT molecular complexity index is 752. The van der Waals surface area contributed by atoms with Crippen LogP contribution >= 0.6 is 0 Å². The topological polar surface area (TPSA) is 84.4 Å². The number of hydrogen-bond acceptors (Lipinski definition) is 5. The molecule has 0 amide bonds. The highest BCUT2D eigenvalue weighted by molar-refractivity contribution is 5.69. The number of nitrogens with two attached hydrogens (primary N) is 1. The maximum absolute atomic E-state index is 14.0. The van der Waals surface area contributed by atoms with E-state index in [4.69, 9.17) is 10.9 Å². The van der Waals surface area contributed by atoms with Gasteiger partial charge in [0.1, 0.15) is 23.3 Å². The summed E-state index contributed by atoms with van der Waals surface area (Å²) < 4.78 is 53.9. The number of pyridine rings is 2. The molecule has 2 unspecified atom stereocenters. The van der Waals surface area contributed by atoms with Crippen molar-refractivity contribution >= 4 is 6.21 Å². The quantitative estimate of drug-likeness (QED) is 0.391.